The zero-order valence-corrected chi connectivity index (χ0v) is 3.79. The summed E-state index contributed by atoms with van der Waals surface area (Å²) in [6.45, 7) is 3.28. The van der Waals surface area contributed by atoms with Gasteiger partial charge in [0, 0.05) is 6.54 Å². The molecule has 0 unspecified atom stereocenters. The van der Waals surface area contributed by atoms with E-state index in [9.17, 15) is 4.39 Å². The predicted octanol–water partition coefficient (Wildman–Crippen LogP) is 0.689. The van der Waals surface area contributed by atoms with Crippen LogP contribution in [0.4, 0.5) is 4.39 Å². The number of likely N-dealkylation sites (N-methyl/N-ethyl adjacent to an activating group) is 1. The van der Waals surface area contributed by atoms with Gasteiger partial charge >= 0.3 is 0 Å². The molecule has 1 nitrogen and oxygen atoms in total. The first-order valence-electron chi connectivity index (χ1n) is 1.75. The van der Waals surface area contributed by atoms with E-state index in [1.807, 2.05) is 0 Å². The van der Waals surface area contributed by atoms with Crippen LogP contribution < -0.4 is 5.32 Å². The van der Waals surface area contributed by atoms with Crippen molar-refractivity contribution < 1.29 is 4.39 Å². The summed E-state index contributed by atoms with van der Waals surface area (Å²) in [5, 5.41) is 2.59. The number of hydrogen-bond donors (Lipinski definition) is 1. The molecular weight excluding hydrogens is 81.0 g/mol. The molecule has 0 radical (unpaired) electrons. The second-order valence-corrected chi connectivity index (χ2v) is 1.05. The fourth-order valence-electron chi connectivity index (χ4n) is 0.192. The molecule has 0 atom stereocenters. The number of hydrogen-bond acceptors (Lipinski definition) is 1. The van der Waals surface area contributed by atoms with E-state index >= 15 is 0 Å². The largest absolute Gasteiger partial charge is 0.314 e. The fourth-order valence-corrected chi connectivity index (χ4v) is 0.192. The number of halogens is 1. The van der Waals surface area contributed by atoms with Crippen LogP contribution in [0, 0.1) is 0 Å². The Morgan fingerprint density at radius 2 is 2.50 bits per heavy atom. The van der Waals surface area contributed by atoms with Gasteiger partial charge in [-0.2, -0.15) is 0 Å². The first-order valence-corrected chi connectivity index (χ1v) is 1.75. The van der Waals surface area contributed by atoms with Crippen molar-refractivity contribution >= 4 is 0 Å². The maximum absolute atomic E-state index is 11.4. The van der Waals surface area contributed by atoms with Gasteiger partial charge in [-0.3, -0.25) is 0 Å². The number of rotatable bonds is 2. The van der Waals surface area contributed by atoms with Crippen molar-refractivity contribution in [2.45, 2.75) is 0 Å². The van der Waals surface area contributed by atoms with Gasteiger partial charge < -0.3 is 5.32 Å². The van der Waals surface area contributed by atoms with E-state index in [2.05, 4.69) is 11.9 Å². The van der Waals surface area contributed by atoms with Crippen molar-refractivity contribution in [3.8, 4) is 0 Å². The Morgan fingerprint density at radius 1 is 2.00 bits per heavy atom. The van der Waals surface area contributed by atoms with Crippen molar-refractivity contribution in [1.29, 1.82) is 0 Å². The maximum atomic E-state index is 11.4. The van der Waals surface area contributed by atoms with Crippen LogP contribution in [0.15, 0.2) is 12.4 Å². The Hall–Kier alpha value is -0.370. The van der Waals surface area contributed by atoms with Crippen LogP contribution >= 0.6 is 0 Å². The van der Waals surface area contributed by atoms with Gasteiger partial charge in [-0.25, -0.2) is 4.39 Å². The van der Waals surface area contributed by atoms with Crippen LogP contribution in [0.3, 0.4) is 0 Å². The third-order valence-corrected chi connectivity index (χ3v) is 0.369. The summed E-state index contributed by atoms with van der Waals surface area (Å²) in [5.41, 5.74) is 0. The van der Waals surface area contributed by atoms with E-state index in [4.69, 9.17) is 0 Å². The molecule has 36 valence electrons. The second kappa shape index (κ2) is 2.85. The SMILES string of the molecule is C=C(F)CNC. The quantitative estimate of drug-likeness (QED) is 0.524. The lowest BCUT2D eigenvalue weighted by Gasteiger charge is -1.86. The molecule has 0 aromatic carbocycles. The average Bonchev–Trinajstić information content (AvgIpc) is 1.35. The molecule has 0 aliphatic carbocycles. The molecule has 0 saturated heterocycles. The number of nitrogens with one attached hydrogen (secondary N) is 1. The first-order chi connectivity index (χ1) is 2.77. The van der Waals surface area contributed by atoms with Crippen molar-refractivity contribution in [3.63, 3.8) is 0 Å². The van der Waals surface area contributed by atoms with Gasteiger partial charge in [-0.05, 0) is 7.05 Å². The summed E-state index contributed by atoms with van der Waals surface area (Å²) in [6, 6.07) is 0. The molecule has 0 heterocycles. The van der Waals surface area contributed by atoms with Crippen LogP contribution in [0.5, 0.6) is 0 Å². The highest BCUT2D eigenvalue weighted by molar-refractivity contribution is 4.80. The van der Waals surface area contributed by atoms with Gasteiger partial charge in [-0.15, -0.1) is 0 Å². The standard InChI is InChI=1S/C4H8FN/c1-4(5)3-6-2/h6H,1,3H2,2H3. The third-order valence-electron chi connectivity index (χ3n) is 0.369. The lowest BCUT2D eigenvalue weighted by Crippen LogP contribution is -2.06. The lowest BCUT2D eigenvalue weighted by atomic mass is 10.6. The van der Waals surface area contributed by atoms with Gasteiger partial charge in [0.05, 0.1) is 0 Å². The molecule has 0 aliphatic rings. The molecule has 0 aliphatic heterocycles. The monoisotopic (exact) mass is 89.1 g/mol. The van der Waals surface area contributed by atoms with Gasteiger partial charge in [0.25, 0.3) is 0 Å². The van der Waals surface area contributed by atoms with E-state index in [1.165, 1.54) is 0 Å². The Morgan fingerprint density at radius 3 is 2.50 bits per heavy atom. The van der Waals surface area contributed by atoms with E-state index < -0.39 is 0 Å². The Kier molecular flexibility index (Phi) is 2.67. The third kappa shape index (κ3) is 3.63. The van der Waals surface area contributed by atoms with Crippen molar-refractivity contribution in [2.75, 3.05) is 13.6 Å². The molecule has 0 aromatic heterocycles. The molecule has 6 heavy (non-hydrogen) atoms. The van der Waals surface area contributed by atoms with Crippen LogP contribution in [0.1, 0.15) is 0 Å². The highest BCUT2D eigenvalue weighted by Crippen LogP contribution is 1.82. The van der Waals surface area contributed by atoms with Crippen molar-refractivity contribution in [3.05, 3.63) is 12.4 Å². The van der Waals surface area contributed by atoms with Crippen molar-refractivity contribution in [1.82, 2.24) is 5.32 Å². The highest BCUT2D eigenvalue weighted by atomic mass is 19.1. The summed E-state index contributed by atoms with van der Waals surface area (Å²) in [5.74, 6) is -0.322. The topological polar surface area (TPSA) is 12.0 Å². The van der Waals surface area contributed by atoms with Gasteiger partial charge in [0.15, 0.2) is 0 Å². The smallest absolute Gasteiger partial charge is 0.107 e. The van der Waals surface area contributed by atoms with E-state index in [0.717, 1.165) is 0 Å². The predicted molar refractivity (Wildman–Crippen MR) is 24.2 cm³/mol. The summed E-state index contributed by atoms with van der Waals surface area (Å²) in [6.07, 6.45) is 0. The minimum Gasteiger partial charge on any atom is -0.314 e. The van der Waals surface area contributed by atoms with Gasteiger partial charge in [-0.1, -0.05) is 6.58 Å². The van der Waals surface area contributed by atoms with E-state index in [0.29, 0.717) is 0 Å². The first kappa shape index (κ1) is 5.63. The van der Waals surface area contributed by atoms with E-state index in [-0.39, 0.29) is 12.4 Å². The minimum atomic E-state index is -0.322. The normalized spacial score (nSPS) is 8.33. The molecule has 2 heteroatoms. The maximum Gasteiger partial charge on any atom is 0.107 e. The Balaban J connectivity index is 2.83. The van der Waals surface area contributed by atoms with Crippen LogP contribution in [0.2, 0.25) is 0 Å². The van der Waals surface area contributed by atoms with Crippen LogP contribution in [0.25, 0.3) is 0 Å². The minimum absolute atomic E-state index is 0.264. The average molecular weight is 89.1 g/mol. The summed E-state index contributed by atoms with van der Waals surface area (Å²) < 4.78 is 11.4. The molecule has 0 bridgehead atoms. The summed E-state index contributed by atoms with van der Waals surface area (Å²) in [4.78, 5) is 0. The fraction of sp³-hybridized carbons (Fsp3) is 0.500. The summed E-state index contributed by atoms with van der Waals surface area (Å²) >= 11 is 0. The van der Waals surface area contributed by atoms with Gasteiger partial charge in [0.2, 0.25) is 0 Å². The Bertz CT molecular complexity index is 51.5. The second-order valence-electron chi connectivity index (χ2n) is 1.05. The molecule has 0 aromatic rings. The highest BCUT2D eigenvalue weighted by Gasteiger charge is 1.79. The van der Waals surface area contributed by atoms with E-state index in [1.54, 1.807) is 7.05 Å². The van der Waals surface area contributed by atoms with Crippen molar-refractivity contribution in [2.24, 2.45) is 0 Å². The molecule has 0 rings (SSSR count). The zero-order chi connectivity index (χ0) is 4.99. The van der Waals surface area contributed by atoms with Gasteiger partial charge in [0.1, 0.15) is 5.83 Å². The summed E-state index contributed by atoms with van der Waals surface area (Å²) in [7, 11) is 1.67. The lowest BCUT2D eigenvalue weighted by molar-refractivity contribution is 0.596. The van der Waals surface area contributed by atoms with Crippen LogP contribution in [-0.4, -0.2) is 13.6 Å². The van der Waals surface area contributed by atoms with Crippen LogP contribution in [-0.2, 0) is 0 Å². The molecular formula is C4H8FN. The molecule has 0 fully saturated rings. The molecule has 0 spiro atoms. The zero-order valence-electron chi connectivity index (χ0n) is 3.79. The molecule has 0 amide bonds. The Labute approximate surface area is 36.9 Å². The molecule has 1 N–H and O–H groups in total. The molecule has 0 saturated carbocycles.